The zero-order chi connectivity index (χ0) is 17.2. The molecule has 24 heavy (non-hydrogen) atoms. The van der Waals surface area contributed by atoms with E-state index in [-0.39, 0.29) is 18.0 Å². The summed E-state index contributed by atoms with van der Waals surface area (Å²) >= 11 is 0. The number of halogens is 3. The summed E-state index contributed by atoms with van der Waals surface area (Å²) < 4.78 is 38.1. The summed E-state index contributed by atoms with van der Waals surface area (Å²) in [6.07, 6.45) is -4.34. The van der Waals surface area contributed by atoms with Crippen LogP contribution >= 0.6 is 0 Å². The van der Waals surface area contributed by atoms with Gasteiger partial charge in [-0.3, -0.25) is 4.79 Å². The van der Waals surface area contributed by atoms with Gasteiger partial charge in [0.05, 0.1) is 12.0 Å². The fourth-order valence-electron chi connectivity index (χ4n) is 2.60. The van der Waals surface area contributed by atoms with Crippen LogP contribution in [0.2, 0.25) is 0 Å². The second kappa shape index (κ2) is 6.35. The zero-order valence-electron chi connectivity index (χ0n) is 12.6. The fourth-order valence-corrected chi connectivity index (χ4v) is 2.60. The first-order chi connectivity index (χ1) is 11.4. The zero-order valence-corrected chi connectivity index (χ0v) is 12.6. The van der Waals surface area contributed by atoms with Crippen molar-refractivity contribution in [1.29, 1.82) is 0 Å². The third-order valence-electron chi connectivity index (χ3n) is 3.70. The molecule has 0 aliphatic heterocycles. The molecular weight excluding hydrogens is 315 g/mol. The lowest BCUT2D eigenvalue weighted by Crippen LogP contribution is -2.15. The van der Waals surface area contributed by atoms with Crippen molar-refractivity contribution in [3.63, 3.8) is 0 Å². The second-order valence-electron chi connectivity index (χ2n) is 5.44. The number of amides is 1. The first kappa shape index (κ1) is 16.1. The van der Waals surface area contributed by atoms with Gasteiger partial charge < -0.3 is 5.32 Å². The monoisotopic (exact) mass is 329 g/mol. The average Bonchev–Trinajstić information content (AvgIpc) is 2.54. The highest BCUT2D eigenvalue weighted by molar-refractivity contribution is 5.96. The van der Waals surface area contributed by atoms with Crippen LogP contribution in [-0.4, -0.2) is 5.91 Å². The maximum atomic E-state index is 12.7. The van der Waals surface area contributed by atoms with Crippen molar-refractivity contribution < 1.29 is 18.0 Å². The third-order valence-corrected chi connectivity index (χ3v) is 3.70. The number of anilines is 1. The van der Waals surface area contributed by atoms with Gasteiger partial charge in [-0.1, -0.05) is 48.5 Å². The Bertz CT molecular complexity index is 882. The number of fused-ring (bicyclic) bond motifs is 1. The Balaban J connectivity index is 1.78. The fraction of sp³-hybridized carbons (Fsp3) is 0.105. The molecule has 0 unspecified atom stereocenters. The number of benzene rings is 3. The molecule has 0 radical (unpaired) electrons. The molecule has 3 aromatic carbocycles. The molecule has 0 fully saturated rings. The Morgan fingerprint density at radius 1 is 0.917 bits per heavy atom. The van der Waals surface area contributed by atoms with E-state index in [4.69, 9.17) is 0 Å². The maximum absolute atomic E-state index is 12.7. The third kappa shape index (κ3) is 3.56. The molecule has 0 bridgehead atoms. The summed E-state index contributed by atoms with van der Waals surface area (Å²) in [5.74, 6) is -0.356. The minimum absolute atomic E-state index is 0.0948. The molecule has 1 amide bonds. The van der Waals surface area contributed by atoms with Gasteiger partial charge in [-0.15, -0.1) is 0 Å². The molecule has 0 aliphatic rings. The van der Waals surface area contributed by atoms with E-state index in [2.05, 4.69) is 5.32 Å². The largest absolute Gasteiger partial charge is 0.416 e. The van der Waals surface area contributed by atoms with Gasteiger partial charge in [0.1, 0.15) is 0 Å². The Kier molecular flexibility index (Phi) is 4.25. The summed E-state index contributed by atoms with van der Waals surface area (Å²) in [4.78, 5) is 12.2. The molecule has 5 heteroatoms. The maximum Gasteiger partial charge on any atom is 0.416 e. The Hall–Kier alpha value is -2.82. The molecule has 2 nitrogen and oxygen atoms in total. The van der Waals surface area contributed by atoms with E-state index >= 15 is 0 Å². The van der Waals surface area contributed by atoms with Crippen LogP contribution in [0.15, 0.2) is 66.7 Å². The Morgan fingerprint density at radius 3 is 2.42 bits per heavy atom. The summed E-state index contributed by atoms with van der Waals surface area (Å²) in [6, 6.07) is 17.9. The van der Waals surface area contributed by atoms with E-state index in [1.54, 1.807) is 0 Å². The number of carbonyl (C=O) groups is 1. The Morgan fingerprint density at radius 2 is 1.62 bits per heavy atom. The number of alkyl halides is 3. The number of rotatable bonds is 3. The molecule has 0 saturated heterocycles. The van der Waals surface area contributed by atoms with Crippen molar-refractivity contribution in [3.8, 4) is 0 Å². The van der Waals surface area contributed by atoms with E-state index in [0.717, 1.165) is 28.5 Å². The van der Waals surface area contributed by atoms with Crippen LogP contribution < -0.4 is 5.32 Å². The molecule has 0 heterocycles. The normalized spacial score (nSPS) is 11.5. The first-order valence-electron chi connectivity index (χ1n) is 7.37. The number of nitrogens with one attached hydrogen (secondary N) is 1. The van der Waals surface area contributed by atoms with E-state index in [9.17, 15) is 18.0 Å². The lowest BCUT2D eigenvalue weighted by Gasteiger charge is -2.10. The van der Waals surface area contributed by atoms with Gasteiger partial charge in [-0.25, -0.2) is 0 Å². The number of carbonyl (C=O) groups excluding carboxylic acids is 1. The van der Waals surface area contributed by atoms with E-state index in [1.807, 2.05) is 42.5 Å². The van der Waals surface area contributed by atoms with Gasteiger partial charge >= 0.3 is 6.18 Å². The van der Waals surface area contributed by atoms with Gasteiger partial charge in [0.15, 0.2) is 0 Å². The molecule has 0 aromatic heterocycles. The van der Waals surface area contributed by atoms with Crippen LogP contribution in [0.1, 0.15) is 11.1 Å². The van der Waals surface area contributed by atoms with E-state index in [1.165, 1.54) is 12.1 Å². The lowest BCUT2D eigenvalue weighted by atomic mass is 10.0. The average molecular weight is 329 g/mol. The topological polar surface area (TPSA) is 29.1 Å². The minimum atomic E-state index is -4.43. The van der Waals surface area contributed by atoms with Gasteiger partial charge in [-0.2, -0.15) is 13.2 Å². The summed E-state index contributed by atoms with van der Waals surface area (Å²) in [5, 5.41) is 4.50. The molecule has 3 rings (SSSR count). The summed E-state index contributed by atoms with van der Waals surface area (Å²) in [6.45, 7) is 0. The first-order valence-corrected chi connectivity index (χ1v) is 7.37. The van der Waals surface area contributed by atoms with Crippen LogP contribution in [0.25, 0.3) is 10.8 Å². The molecule has 0 aliphatic carbocycles. The highest BCUT2D eigenvalue weighted by Crippen LogP contribution is 2.30. The predicted molar refractivity (Wildman–Crippen MR) is 87.7 cm³/mol. The van der Waals surface area contributed by atoms with Crippen molar-refractivity contribution in [2.75, 3.05) is 5.32 Å². The molecule has 122 valence electrons. The molecule has 0 saturated carbocycles. The SMILES string of the molecule is O=C(Cc1cccc2ccccc12)Nc1cccc(C(F)(F)F)c1. The predicted octanol–water partition coefficient (Wildman–Crippen LogP) is 5.04. The van der Waals surface area contributed by atoms with Gasteiger partial charge in [0, 0.05) is 5.69 Å². The van der Waals surface area contributed by atoms with Crippen LogP contribution in [0.4, 0.5) is 18.9 Å². The van der Waals surface area contributed by atoms with Crippen LogP contribution in [0.5, 0.6) is 0 Å². The smallest absolute Gasteiger partial charge is 0.326 e. The highest BCUT2D eigenvalue weighted by atomic mass is 19.4. The minimum Gasteiger partial charge on any atom is -0.326 e. The van der Waals surface area contributed by atoms with Gasteiger partial charge in [0.2, 0.25) is 5.91 Å². The van der Waals surface area contributed by atoms with Crippen molar-refractivity contribution in [2.24, 2.45) is 0 Å². The number of hydrogen-bond acceptors (Lipinski definition) is 1. The van der Waals surface area contributed by atoms with E-state index < -0.39 is 11.7 Å². The van der Waals surface area contributed by atoms with Crippen molar-refractivity contribution in [2.45, 2.75) is 12.6 Å². The summed E-state index contributed by atoms with van der Waals surface area (Å²) in [7, 11) is 0. The quantitative estimate of drug-likeness (QED) is 0.716. The highest BCUT2D eigenvalue weighted by Gasteiger charge is 2.30. The molecule has 1 N–H and O–H groups in total. The van der Waals surface area contributed by atoms with Crippen LogP contribution in [-0.2, 0) is 17.4 Å². The van der Waals surface area contributed by atoms with Crippen LogP contribution in [0, 0.1) is 0 Å². The van der Waals surface area contributed by atoms with Crippen molar-refractivity contribution in [3.05, 3.63) is 77.9 Å². The molecular formula is C19H14F3NO. The summed E-state index contributed by atoms with van der Waals surface area (Å²) in [5.41, 5.74) is 0.179. The van der Waals surface area contributed by atoms with Crippen LogP contribution in [0.3, 0.4) is 0 Å². The Labute approximate surface area is 136 Å². The molecule has 0 atom stereocenters. The van der Waals surface area contributed by atoms with Gasteiger partial charge in [-0.05, 0) is 34.5 Å². The molecule has 0 spiro atoms. The van der Waals surface area contributed by atoms with Crippen molar-refractivity contribution >= 4 is 22.4 Å². The van der Waals surface area contributed by atoms with Gasteiger partial charge in [0.25, 0.3) is 0 Å². The molecule has 3 aromatic rings. The van der Waals surface area contributed by atoms with E-state index in [0.29, 0.717) is 0 Å². The number of hydrogen-bond donors (Lipinski definition) is 1. The second-order valence-corrected chi connectivity index (χ2v) is 5.44. The lowest BCUT2D eigenvalue weighted by molar-refractivity contribution is -0.137. The van der Waals surface area contributed by atoms with Crippen molar-refractivity contribution in [1.82, 2.24) is 0 Å². The standard InChI is InChI=1S/C19H14F3NO/c20-19(21,22)15-8-4-9-16(12-15)23-18(24)11-14-7-3-6-13-5-1-2-10-17(13)14/h1-10,12H,11H2,(H,23,24).